The van der Waals surface area contributed by atoms with Crippen LogP contribution < -0.4 is 20.3 Å². The van der Waals surface area contributed by atoms with Crippen molar-refractivity contribution in [2.45, 2.75) is 39.5 Å². The fourth-order valence-electron chi connectivity index (χ4n) is 3.23. The standard InChI is InChI=1S/C19H23F3N6O2/c1-10(2)15-17(29)26-14-11(3)25-18(27-16(14)28(15)4)24-8-12-5-6-13(23-7-12)30-9-19(20,21)22/h5-7,10,15H,8-9H2,1-4H3,(H,26,29)(H,24,25,27). The van der Waals surface area contributed by atoms with E-state index in [1.54, 1.807) is 13.0 Å². The molecule has 1 aliphatic rings. The molecule has 0 radical (unpaired) electrons. The number of aromatic nitrogens is 3. The number of alkyl halides is 3. The molecule has 0 fully saturated rings. The summed E-state index contributed by atoms with van der Waals surface area (Å²) in [6.45, 7) is 4.64. The highest BCUT2D eigenvalue weighted by atomic mass is 19.4. The number of anilines is 3. The first-order valence-corrected chi connectivity index (χ1v) is 9.36. The van der Waals surface area contributed by atoms with Gasteiger partial charge in [-0.05, 0) is 18.4 Å². The SMILES string of the molecule is Cc1nc(NCc2ccc(OCC(F)(F)F)nc2)nc2c1NC(=O)C(C(C)C)N2C. The van der Waals surface area contributed by atoms with E-state index in [2.05, 4.69) is 30.3 Å². The summed E-state index contributed by atoms with van der Waals surface area (Å²) in [5.74, 6) is 0.894. The third-order valence-corrected chi connectivity index (χ3v) is 4.60. The molecule has 0 saturated heterocycles. The average Bonchev–Trinajstić information content (AvgIpc) is 2.65. The van der Waals surface area contributed by atoms with Crippen LogP contribution in [0.2, 0.25) is 0 Å². The number of nitrogens with zero attached hydrogens (tertiary/aromatic N) is 4. The molecule has 0 bridgehead atoms. The number of likely N-dealkylation sites (N-methyl/N-ethyl adjacent to an activating group) is 1. The largest absolute Gasteiger partial charge is 0.468 e. The second-order valence-electron chi connectivity index (χ2n) is 7.38. The molecule has 1 amide bonds. The van der Waals surface area contributed by atoms with Gasteiger partial charge in [-0.3, -0.25) is 4.79 Å². The van der Waals surface area contributed by atoms with Crippen molar-refractivity contribution < 1.29 is 22.7 Å². The Morgan fingerprint density at radius 2 is 2.03 bits per heavy atom. The van der Waals surface area contributed by atoms with Crippen LogP contribution in [0.25, 0.3) is 0 Å². The second kappa shape index (κ2) is 8.33. The summed E-state index contributed by atoms with van der Waals surface area (Å²) in [6.07, 6.45) is -2.99. The molecule has 0 aliphatic carbocycles. The maximum absolute atomic E-state index is 12.4. The zero-order valence-corrected chi connectivity index (χ0v) is 17.0. The number of carbonyl (C=O) groups is 1. The normalized spacial score (nSPS) is 16.3. The first-order valence-electron chi connectivity index (χ1n) is 9.36. The molecule has 1 aliphatic heterocycles. The van der Waals surface area contributed by atoms with E-state index in [1.165, 1.54) is 12.3 Å². The van der Waals surface area contributed by atoms with Crippen LogP contribution in [0.3, 0.4) is 0 Å². The lowest BCUT2D eigenvalue weighted by atomic mass is 9.99. The van der Waals surface area contributed by atoms with E-state index in [-0.39, 0.29) is 23.7 Å². The molecular formula is C19H23F3N6O2. The van der Waals surface area contributed by atoms with Crippen molar-refractivity contribution in [3.63, 3.8) is 0 Å². The van der Waals surface area contributed by atoms with Crippen molar-refractivity contribution in [2.75, 3.05) is 29.2 Å². The Labute approximate surface area is 171 Å². The van der Waals surface area contributed by atoms with Gasteiger partial charge >= 0.3 is 6.18 Å². The number of fused-ring (bicyclic) bond motifs is 1. The van der Waals surface area contributed by atoms with Gasteiger partial charge < -0.3 is 20.3 Å². The smallest absolute Gasteiger partial charge is 0.422 e. The van der Waals surface area contributed by atoms with Gasteiger partial charge in [0.1, 0.15) is 11.7 Å². The first kappa shape index (κ1) is 21.6. The van der Waals surface area contributed by atoms with E-state index in [9.17, 15) is 18.0 Å². The molecule has 1 atom stereocenters. The number of carbonyl (C=O) groups excluding carboxylic acids is 1. The van der Waals surface area contributed by atoms with Crippen LogP contribution >= 0.6 is 0 Å². The van der Waals surface area contributed by atoms with E-state index < -0.39 is 12.8 Å². The van der Waals surface area contributed by atoms with Gasteiger partial charge in [-0.25, -0.2) is 9.97 Å². The monoisotopic (exact) mass is 424 g/mol. The fraction of sp³-hybridized carbons (Fsp3) is 0.474. The van der Waals surface area contributed by atoms with E-state index >= 15 is 0 Å². The third kappa shape index (κ3) is 4.89. The summed E-state index contributed by atoms with van der Waals surface area (Å²) in [5, 5.41) is 5.96. The highest BCUT2D eigenvalue weighted by Crippen LogP contribution is 2.34. The molecule has 3 rings (SSSR count). The molecule has 3 heterocycles. The summed E-state index contributed by atoms with van der Waals surface area (Å²) >= 11 is 0. The van der Waals surface area contributed by atoms with Crippen LogP contribution in [0.1, 0.15) is 25.1 Å². The number of hydrogen-bond donors (Lipinski definition) is 2. The molecule has 2 aromatic rings. The Morgan fingerprint density at radius 3 is 2.63 bits per heavy atom. The zero-order valence-electron chi connectivity index (χ0n) is 17.0. The molecular weight excluding hydrogens is 401 g/mol. The van der Waals surface area contributed by atoms with Gasteiger partial charge in [-0.2, -0.15) is 18.2 Å². The molecule has 11 heteroatoms. The highest BCUT2D eigenvalue weighted by molar-refractivity contribution is 6.03. The molecule has 2 aromatic heterocycles. The minimum absolute atomic E-state index is 0.0914. The molecule has 0 saturated carbocycles. The van der Waals surface area contributed by atoms with Gasteiger partial charge in [0.05, 0.1) is 5.69 Å². The van der Waals surface area contributed by atoms with Crippen LogP contribution in [-0.4, -0.2) is 46.7 Å². The van der Waals surface area contributed by atoms with Crippen molar-refractivity contribution in [3.05, 3.63) is 29.6 Å². The quantitative estimate of drug-likeness (QED) is 0.736. The van der Waals surface area contributed by atoms with E-state index in [0.29, 0.717) is 29.7 Å². The minimum Gasteiger partial charge on any atom is -0.468 e. The number of hydrogen-bond acceptors (Lipinski definition) is 7. The topological polar surface area (TPSA) is 92.3 Å². The lowest BCUT2D eigenvalue weighted by Gasteiger charge is -2.36. The maximum atomic E-state index is 12.4. The fourth-order valence-corrected chi connectivity index (χ4v) is 3.23. The number of ether oxygens (including phenoxy) is 1. The van der Waals surface area contributed by atoms with Crippen molar-refractivity contribution >= 4 is 23.4 Å². The van der Waals surface area contributed by atoms with Gasteiger partial charge in [0.15, 0.2) is 12.4 Å². The summed E-state index contributed by atoms with van der Waals surface area (Å²) in [5.41, 5.74) is 1.92. The van der Waals surface area contributed by atoms with E-state index in [0.717, 1.165) is 5.56 Å². The van der Waals surface area contributed by atoms with Crippen molar-refractivity contribution in [1.82, 2.24) is 15.0 Å². The van der Waals surface area contributed by atoms with Crippen molar-refractivity contribution in [3.8, 4) is 5.88 Å². The van der Waals surface area contributed by atoms with Crippen LogP contribution in [0.5, 0.6) is 5.88 Å². The number of halogens is 3. The number of aryl methyl sites for hydroxylation is 1. The molecule has 2 N–H and O–H groups in total. The third-order valence-electron chi connectivity index (χ3n) is 4.60. The molecule has 0 aromatic carbocycles. The first-order chi connectivity index (χ1) is 14.0. The van der Waals surface area contributed by atoms with Crippen LogP contribution in [0.15, 0.2) is 18.3 Å². The Morgan fingerprint density at radius 1 is 1.30 bits per heavy atom. The second-order valence-corrected chi connectivity index (χ2v) is 7.38. The van der Waals surface area contributed by atoms with Gasteiger partial charge in [-0.1, -0.05) is 19.9 Å². The molecule has 1 unspecified atom stereocenters. The van der Waals surface area contributed by atoms with E-state index in [1.807, 2.05) is 25.8 Å². The zero-order chi connectivity index (χ0) is 22.1. The maximum Gasteiger partial charge on any atom is 0.422 e. The predicted octanol–water partition coefficient (Wildman–Crippen LogP) is 3.15. The molecule has 8 nitrogen and oxygen atoms in total. The number of rotatable bonds is 6. The highest BCUT2D eigenvalue weighted by Gasteiger charge is 2.35. The summed E-state index contributed by atoms with van der Waals surface area (Å²) < 4.78 is 41.2. The summed E-state index contributed by atoms with van der Waals surface area (Å²) in [4.78, 5) is 27.0. The Bertz CT molecular complexity index is 918. The van der Waals surface area contributed by atoms with Gasteiger partial charge in [0.2, 0.25) is 17.7 Å². The summed E-state index contributed by atoms with van der Waals surface area (Å²) in [7, 11) is 1.82. The lowest BCUT2D eigenvalue weighted by Crippen LogP contribution is -2.49. The lowest BCUT2D eigenvalue weighted by molar-refractivity contribution is -0.154. The van der Waals surface area contributed by atoms with Crippen LogP contribution in [0, 0.1) is 12.8 Å². The van der Waals surface area contributed by atoms with Crippen molar-refractivity contribution in [2.24, 2.45) is 5.92 Å². The number of pyridine rings is 1. The minimum atomic E-state index is -4.41. The summed E-state index contributed by atoms with van der Waals surface area (Å²) in [6, 6.07) is 2.64. The number of amides is 1. The van der Waals surface area contributed by atoms with Gasteiger partial charge in [0, 0.05) is 25.9 Å². The number of nitrogens with one attached hydrogen (secondary N) is 2. The Balaban J connectivity index is 1.70. The Kier molecular flexibility index (Phi) is 5.99. The van der Waals surface area contributed by atoms with Crippen LogP contribution in [-0.2, 0) is 11.3 Å². The molecule has 30 heavy (non-hydrogen) atoms. The van der Waals surface area contributed by atoms with Crippen LogP contribution in [0.4, 0.5) is 30.6 Å². The van der Waals surface area contributed by atoms with Gasteiger partial charge in [0.25, 0.3) is 0 Å². The molecule has 0 spiro atoms. The van der Waals surface area contributed by atoms with Gasteiger partial charge in [-0.15, -0.1) is 0 Å². The van der Waals surface area contributed by atoms with E-state index in [4.69, 9.17) is 0 Å². The Hall–Kier alpha value is -3.11. The average molecular weight is 424 g/mol. The van der Waals surface area contributed by atoms with Crippen molar-refractivity contribution in [1.29, 1.82) is 0 Å². The predicted molar refractivity (Wildman–Crippen MR) is 106 cm³/mol. The molecule has 162 valence electrons.